The predicted molar refractivity (Wildman–Crippen MR) is 87.3 cm³/mol. The Kier molecular flexibility index (Phi) is 5.17. The fourth-order valence-electron chi connectivity index (χ4n) is 1.85. The molecule has 0 aliphatic heterocycles. The number of rotatable bonds is 5. The zero-order chi connectivity index (χ0) is 15.5. The molecule has 0 atom stereocenters. The Morgan fingerprint density at radius 1 is 1.38 bits per heavy atom. The molecule has 2 rings (SSSR count). The molecule has 21 heavy (non-hydrogen) atoms. The second-order valence-electron chi connectivity index (χ2n) is 4.54. The van der Waals surface area contributed by atoms with Crippen LogP contribution < -0.4 is 0 Å². The molecule has 7 heteroatoms. The SMILES string of the molecule is CN(Cc1csc(Br)c1)S(=O)(=O)Cc1ccccc1C#N. The molecule has 2 aromatic rings. The van der Waals surface area contributed by atoms with Crippen LogP contribution in [0, 0.1) is 11.3 Å². The monoisotopic (exact) mass is 384 g/mol. The third-order valence-electron chi connectivity index (χ3n) is 2.98. The van der Waals surface area contributed by atoms with Gasteiger partial charge in [0.25, 0.3) is 0 Å². The fraction of sp³-hybridized carbons (Fsp3) is 0.214. The Bertz CT molecular complexity index is 778. The van der Waals surface area contributed by atoms with Gasteiger partial charge in [0, 0.05) is 13.6 Å². The van der Waals surface area contributed by atoms with E-state index in [0.717, 1.165) is 9.35 Å². The quantitative estimate of drug-likeness (QED) is 0.793. The molecule has 4 nitrogen and oxygen atoms in total. The summed E-state index contributed by atoms with van der Waals surface area (Å²) in [4.78, 5) is 0. The first-order valence-electron chi connectivity index (χ1n) is 6.07. The van der Waals surface area contributed by atoms with E-state index in [0.29, 0.717) is 17.7 Å². The normalized spacial score (nSPS) is 11.5. The third-order valence-corrected chi connectivity index (χ3v) is 6.29. The fourth-order valence-corrected chi connectivity index (χ4v) is 4.26. The number of thiophene rings is 1. The molecule has 110 valence electrons. The van der Waals surface area contributed by atoms with E-state index in [2.05, 4.69) is 15.9 Å². The average Bonchev–Trinajstić information content (AvgIpc) is 2.84. The number of hydrogen-bond acceptors (Lipinski definition) is 4. The Hall–Kier alpha value is -1.20. The summed E-state index contributed by atoms with van der Waals surface area (Å²) in [5.74, 6) is -0.168. The first kappa shape index (κ1) is 16.2. The molecule has 0 fully saturated rings. The zero-order valence-electron chi connectivity index (χ0n) is 11.3. The van der Waals surface area contributed by atoms with Crippen molar-refractivity contribution in [2.24, 2.45) is 0 Å². The molecule has 0 unspecified atom stereocenters. The molecule has 0 saturated heterocycles. The maximum absolute atomic E-state index is 12.4. The second kappa shape index (κ2) is 6.71. The van der Waals surface area contributed by atoms with Gasteiger partial charge in [0.05, 0.1) is 21.2 Å². The van der Waals surface area contributed by atoms with E-state index in [1.807, 2.05) is 17.5 Å². The number of nitrogens with zero attached hydrogens (tertiary/aromatic N) is 2. The van der Waals surface area contributed by atoms with Crippen LogP contribution in [0.1, 0.15) is 16.7 Å². The van der Waals surface area contributed by atoms with Crippen LogP contribution in [0.2, 0.25) is 0 Å². The molecule has 0 aliphatic carbocycles. The van der Waals surface area contributed by atoms with Crippen LogP contribution in [0.5, 0.6) is 0 Å². The van der Waals surface area contributed by atoms with Gasteiger partial charge in [-0.15, -0.1) is 11.3 Å². The number of nitriles is 1. The first-order valence-corrected chi connectivity index (χ1v) is 9.35. The Balaban J connectivity index is 2.16. The summed E-state index contributed by atoms with van der Waals surface area (Å²) >= 11 is 4.88. The number of sulfonamides is 1. The molecule has 0 bridgehead atoms. The first-order chi connectivity index (χ1) is 9.92. The summed E-state index contributed by atoms with van der Waals surface area (Å²) < 4.78 is 27.1. The summed E-state index contributed by atoms with van der Waals surface area (Å²) in [6.07, 6.45) is 0. The van der Waals surface area contributed by atoms with Gasteiger partial charge in [0.1, 0.15) is 0 Å². The predicted octanol–water partition coefficient (Wildman–Crippen LogP) is 3.34. The highest BCUT2D eigenvalue weighted by Crippen LogP contribution is 2.23. The Morgan fingerprint density at radius 2 is 2.10 bits per heavy atom. The van der Waals surface area contributed by atoms with Crippen LogP contribution >= 0.6 is 27.3 Å². The lowest BCUT2D eigenvalue weighted by atomic mass is 10.1. The van der Waals surface area contributed by atoms with Gasteiger partial charge in [-0.2, -0.15) is 5.26 Å². The second-order valence-corrected chi connectivity index (χ2v) is 8.91. The van der Waals surface area contributed by atoms with Crippen LogP contribution in [0.25, 0.3) is 0 Å². The van der Waals surface area contributed by atoms with Gasteiger partial charge >= 0.3 is 0 Å². The minimum Gasteiger partial charge on any atom is -0.212 e. The summed E-state index contributed by atoms with van der Waals surface area (Å²) in [5.41, 5.74) is 1.86. The molecule has 0 saturated carbocycles. The number of benzene rings is 1. The summed E-state index contributed by atoms with van der Waals surface area (Å²) in [7, 11) is -1.91. The van der Waals surface area contributed by atoms with Crippen molar-refractivity contribution in [1.82, 2.24) is 4.31 Å². The highest BCUT2D eigenvalue weighted by atomic mass is 79.9. The molecular formula is C14H13BrN2O2S2. The van der Waals surface area contributed by atoms with Crippen molar-refractivity contribution in [3.63, 3.8) is 0 Å². The standard InChI is InChI=1S/C14H13BrN2O2S2/c1-17(8-11-6-14(15)20-9-11)21(18,19)10-13-5-3-2-4-12(13)7-16/h2-6,9H,8,10H2,1H3. The van der Waals surface area contributed by atoms with Crippen LogP contribution in [0.15, 0.2) is 39.5 Å². The van der Waals surface area contributed by atoms with E-state index in [1.54, 1.807) is 31.3 Å². The number of halogens is 1. The highest BCUT2D eigenvalue weighted by molar-refractivity contribution is 9.11. The van der Waals surface area contributed by atoms with Crippen molar-refractivity contribution in [3.8, 4) is 6.07 Å². The topological polar surface area (TPSA) is 61.2 Å². The van der Waals surface area contributed by atoms with Crippen molar-refractivity contribution in [2.45, 2.75) is 12.3 Å². The lowest BCUT2D eigenvalue weighted by Gasteiger charge is -2.17. The van der Waals surface area contributed by atoms with Gasteiger partial charge in [-0.3, -0.25) is 0 Å². The Labute approximate surface area is 136 Å². The zero-order valence-corrected chi connectivity index (χ0v) is 14.5. The van der Waals surface area contributed by atoms with E-state index in [9.17, 15) is 8.42 Å². The van der Waals surface area contributed by atoms with Crippen molar-refractivity contribution in [3.05, 3.63) is 56.2 Å². The van der Waals surface area contributed by atoms with Crippen molar-refractivity contribution in [2.75, 3.05) is 7.05 Å². The third kappa shape index (κ3) is 4.14. The molecule has 1 aromatic carbocycles. The van der Waals surface area contributed by atoms with Gasteiger partial charge in [-0.05, 0) is 44.6 Å². The lowest BCUT2D eigenvalue weighted by Crippen LogP contribution is -2.27. The van der Waals surface area contributed by atoms with Crippen LogP contribution in [0.3, 0.4) is 0 Å². The molecule has 1 heterocycles. The molecule has 0 N–H and O–H groups in total. The van der Waals surface area contributed by atoms with E-state index < -0.39 is 10.0 Å². The molecular weight excluding hydrogens is 372 g/mol. The maximum atomic E-state index is 12.4. The summed E-state index contributed by atoms with van der Waals surface area (Å²) in [6.45, 7) is 0.319. The van der Waals surface area contributed by atoms with E-state index in [1.165, 1.54) is 15.6 Å². The van der Waals surface area contributed by atoms with E-state index in [4.69, 9.17) is 5.26 Å². The highest BCUT2D eigenvalue weighted by Gasteiger charge is 2.20. The molecule has 0 radical (unpaired) electrons. The van der Waals surface area contributed by atoms with Crippen LogP contribution in [0.4, 0.5) is 0 Å². The van der Waals surface area contributed by atoms with Gasteiger partial charge in [-0.1, -0.05) is 18.2 Å². The molecule has 1 aromatic heterocycles. The van der Waals surface area contributed by atoms with Crippen molar-refractivity contribution in [1.29, 1.82) is 5.26 Å². The largest absolute Gasteiger partial charge is 0.218 e. The van der Waals surface area contributed by atoms with Gasteiger partial charge in [-0.25, -0.2) is 12.7 Å². The summed E-state index contributed by atoms with van der Waals surface area (Å²) in [6, 6.07) is 10.7. The Morgan fingerprint density at radius 3 is 2.71 bits per heavy atom. The number of hydrogen-bond donors (Lipinski definition) is 0. The summed E-state index contributed by atoms with van der Waals surface area (Å²) in [5, 5.41) is 10.9. The average molecular weight is 385 g/mol. The van der Waals surface area contributed by atoms with E-state index >= 15 is 0 Å². The lowest BCUT2D eigenvalue weighted by molar-refractivity contribution is 0.466. The van der Waals surface area contributed by atoms with Crippen LogP contribution in [-0.2, 0) is 22.3 Å². The maximum Gasteiger partial charge on any atom is 0.218 e. The molecule has 0 spiro atoms. The van der Waals surface area contributed by atoms with Crippen molar-refractivity contribution >= 4 is 37.3 Å². The van der Waals surface area contributed by atoms with Crippen LogP contribution in [-0.4, -0.2) is 19.8 Å². The minimum atomic E-state index is -3.46. The minimum absolute atomic E-state index is 0.168. The van der Waals surface area contributed by atoms with Gasteiger partial charge in [0.2, 0.25) is 10.0 Å². The van der Waals surface area contributed by atoms with Crippen molar-refractivity contribution < 1.29 is 8.42 Å². The molecule has 0 aliphatic rings. The molecule has 0 amide bonds. The smallest absolute Gasteiger partial charge is 0.212 e. The van der Waals surface area contributed by atoms with Gasteiger partial charge in [0.15, 0.2) is 0 Å². The van der Waals surface area contributed by atoms with Gasteiger partial charge < -0.3 is 0 Å². The van der Waals surface area contributed by atoms with E-state index in [-0.39, 0.29) is 5.75 Å².